The van der Waals surface area contributed by atoms with Crippen LogP contribution in [0, 0.1) is 5.82 Å². The molecule has 1 atom stereocenters. The Labute approximate surface area is 105 Å². The highest BCUT2D eigenvalue weighted by atomic mass is 19.1. The van der Waals surface area contributed by atoms with Crippen molar-refractivity contribution in [2.24, 2.45) is 0 Å². The molecule has 2 rings (SSSR count). The fraction of sp³-hybridized carbons (Fsp3) is 0.462. The van der Waals surface area contributed by atoms with Crippen molar-refractivity contribution >= 4 is 5.91 Å². The number of carbonyl (C=O) groups excluding carboxylic acids is 1. The topological polar surface area (TPSA) is 47.6 Å². The molecule has 1 fully saturated rings. The van der Waals surface area contributed by atoms with Crippen molar-refractivity contribution in [2.45, 2.75) is 25.7 Å². The minimum Gasteiger partial charge on any atom is -0.349 e. The summed E-state index contributed by atoms with van der Waals surface area (Å²) in [6.45, 7) is 4.49. The maximum atomic E-state index is 12.7. The maximum Gasteiger partial charge on any atom is 0.251 e. The number of nitrogens with one attached hydrogen (secondary N) is 1. The van der Waals surface area contributed by atoms with Crippen LogP contribution in [-0.2, 0) is 9.47 Å². The molecule has 0 radical (unpaired) electrons. The average Bonchev–Trinajstić information content (AvgIpc) is 2.67. The van der Waals surface area contributed by atoms with E-state index in [0.29, 0.717) is 18.7 Å². The lowest BCUT2D eigenvalue weighted by atomic mass is 10.2. The Morgan fingerprint density at radius 3 is 2.67 bits per heavy atom. The summed E-state index contributed by atoms with van der Waals surface area (Å²) < 4.78 is 23.6. The van der Waals surface area contributed by atoms with Crippen molar-refractivity contribution in [1.29, 1.82) is 0 Å². The summed E-state index contributed by atoms with van der Waals surface area (Å²) in [5.41, 5.74) is 0.426. The van der Waals surface area contributed by atoms with Gasteiger partial charge >= 0.3 is 0 Å². The highest BCUT2D eigenvalue weighted by Crippen LogP contribution is 2.21. The number of benzene rings is 1. The lowest BCUT2D eigenvalue weighted by molar-refractivity contribution is -0.137. The SMILES string of the molecule is CC1(C)OCC(CNC(=O)c2ccc(F)cc2)O1. The van der Waals surface area contributed by atoms with Gasteiger partial charge in [-0.05, 0) is 38.1 Å². The standard InChI is InChI=1S/C13H16FNO3/c1-13(2)17-8-11(18-13)7-15-12(16)9-3-5-10(14)6-4-9/h3-6,11H,7-8H2,1-2H3,(H,15,16). The molecule has 98 valence electrons. The van der Waals surface area contributed by atoms with Gasteiger partial charge in [0.15, 0.2) is 5.79 Å². The van der Waals surface area contributed by atoms with Crippen LogP contribution >= 0.6 is 0 Å². The van der Waals surface area contributed by atoms with Gasteiger partial charge in [-0.3, -0.25) is 4.79 Å². The maximum absolute atomic E-state index is 12.7. The normalized spacial score (nSPS) is 21.8. The van der Waals surface area contributed by atoms with Gasteiger partial charge in [0.1, 0.15) is 11.9 Å². The van der Waals surface area contributed by atoms with E-state index in [1.165, 1.54) is 24.3 Å². The van der Waals surface area contributed by atoms with Crippen LogP contribution < -0.4 is 5.32 Å². The molecule has 0 saturated carbocycles. The van der Waals surface area contributed by atoms with Crippen molar-refractivity contribution < 1.29 is 18.7 Å². The molecule has 0 bridgehead atoms. The molecule has 1 saturated heterocycles. The molecule has 5 heteroatoms. The van der Waals surface area contributed by atoms with Gasteiger partial charge in [-0.1, -0.05) is 0 Å². The van der Waals surface area contributed by atoms with E-state index in [2.05, 4.69) is 5.32 Å². The Balaban J connectivity index is 1.84. The molecule has 4 nitrogen and oxygen atoms in total. The molecule has 1 aromatic rings. The third kappa shape index (κ3) is 3.27. The quantitative estimate of drug-likeness (QED) is 0.892. The molecule has 1 aliphatic rings. The average molecular weight is 253 g/mol. The van der Waals surface area contributed by atoms with Crippen molar-refractivity contribution in [1.82, 2.24) is 5.32 Å². The molecule has 1 heterocycles. The zero-order valence-electron chi connectivity index (χ0n) is 10.4. The summed E-state index contributed by atoms with van der Waals surface area (Å²) in [5, 5.41) is 2.73. The van der Waals surface area contributed by atoms with E-state index in [-0.39, 0.29) is 17.8 Å². The fourth-order valence-electron chi connectivity index (χ4n) is 1.77. The number of carbonyl (C=O) groups is 1. The molecule has 1 aliphatic heterocycles. The van der Waals surface area contributed by atoms with Crippen LogP contribution in [0.3, 0.4) is 0 Å². The van der Waals surface area contributed by atoms with E-state index < -0.39 is 5.79 Å². The molecule has 1 N–H and O–H groups in total. The summed E-state index contributed by atoms with van der Waals surface area (Å²) in [7, 11) is 0. The van der Waals surface area contributed by atoms with Gasteiger partial charge in [-0.25, -0.2) is 4.39 Å². The zero-order valence-corrected chi connectivity index (χ0v) is 10.4. The van der Waals surface area contributed by atoms with E-state index in [1.807, 2.05) is 13.8 Å². The number of ether oxygens (including phenoxy) is 2. The number of amides is 1. The number of rotatable bonds is 3. The lowest BCUT2D eigenvalue weighted by Crippen LogP contribution is -2.34. The van der Waals surface area contributed by atoms with Crippen LogP contribution in [0.2, 0.25) is 0 Å². The second-order valence-electron chi connectivity index (χ2n) is 4.67. The number of halogens is 1. The van der Waals surface area contributed by atoms with E-state index >= 15 is 0 Å². The number of hydrogen-bond donors (Lipinski definition) is 1. The van der Waals surface area contributed by atoms with Gasteiger partial charge in [0.2, 0.25) is 0 Å². The Morgan fingerprint density at radius 2 is 2.11 bits per heavy atom. The Morgan fingerprint density at radius 1 is 1.44 bits per heavy atom. The first-order chi connectivity index (χ1) is 8.46. The van der Waals surface area contributed by atoms with Crippen LogP contribution in [0.15, 0.2) is 24.3 Å². The minimum absolute atomic E-state index is 0.149. The van der Waals surface area contributed by atoms with E-state index in [9.17, 15) is 9.18 Å². The second-order valence-corrected chi connectivity index (χ2v) is 4.67. The first-order valence-corrected chi connectivity index (χ1v) is 5.82. The predicted molar refractivity (Wildman–Crippen MR) is 63.6 cm³/mol. The van der Waals surface area contributed by atoms with Gasteiger partial charge in [0.05, 0.1) is 6.61 Å². The first kappa shape index (κ1) is 13.0. The molecule has 1 amide bonds. The lowest BCUT2D eigenvalue weighted by Gasteiger charge is -2.17. The summed E-state index contributed by atoms with van der Waals surface area (Å²) in [4.78, 5) is 11.7. The van der Waals surface area contributed by atoms with Crippen LogP contribution in [0.25, 0.3) is 0 Å². The van der Waals surface area contributed by atoms with Crippen molar-refractivity contribution in [2.75, 3.05) is 13.2 Å². The van der Waals surface area contributed by atoms with Crippen LogP contribution in [0.1, 0.15) is 24.2 Å². The Kier molecular flexibility index (Phi) is 3.63. The second kappa shape index (κ2) is 5.04. The van der Waals surface area contributed by atoms with Gasteiger partial charge in [0.25, 0.3) is 5.91 Å². The third-order valence-corrected chi connectivity index (χ3v) is 2.66. The molecule has 1 aromatic carbocycles. The van der Waals surface area contributed by atoms with Gasteiger partial charge in [-0.2, -0.15) is 0 Å². The molecular weight excluding hydrogens is 237 g/mol. The summed E-state index contributed by atoms with van der Waals surface area (Å²) in [5.74, 6) is -1.20. The number of hydrogen-bond acceptors (Lipinski definition) is 3. The Hall–Kier alpha value is -1.46. The Bertz CT molecular complexity index is 430. The van der Waals surface area contributed by atoms with Gasteiger partial charge in [-0.15, -0.1) is 0 Å². The monoisotopic (exact) mass is 253 g/mol. The smallest absolute Gasteiger partial charge is 0.251 e. The summed E-state index contributed by atoms with van der Waals surface area (Å²) in [6.07, 6.45) is -0.149. The molecule has 0 spiro atoms. The highest BCUT2D eigenvalue weighted by molar-refractivity contribution is 5.94. The van der Waals surface area contributed by atoms with Gasteiger partial charge in [0, 0.05) is 12.1 Å². The van der Waals surface area contributed by atoms with Gasteiger partial charge < -0.3 is 14.8 Å². The molecule has 0 aliphatic carbocycles. The van der Waals surface area contributed by atoms with Crippen molar-refractivity contribution in [3.8, 4) is 0 Å². The largest absolute Gasteiger partial charge is 0.349 e. The minimum atomic E-state index is -0.592. The van der Waals surface area contributed by atoms with E-state index in [1.54, 1.807) is 0 Å². The fourth-order valence-corrected chi connectivity index (χ4v) is 1.77. The molecule has 0 aromatic heterocycles. The predicted octanol–water partition coefficient (Wildman–Crippen LogP) is 1.71. The third-order valence-electron chi connectivity index (χ3n) is 2.66. The first-order valence-electron chi connectivity index (χ1n) is 5.82. The van der Waals surface area contributed by atoms with Crippen molar-refractivity contribution in [3.63, 3.8) is 0 Å². The zero-order chi connectivity index (χ0) is 13.2. The summed E-state index contributed by atoms with van der Waals surface area (Å²) >= 11 is 0. The van der Waals surface area contributed by atoms with Crippen LogP contribution in [-0.4, -0.2) is 30.9 Å². The van der Waals surface area contributed by atoms with E-state index in [0.717, 1.165) is 0 Å². The van der Waals surface area contributed by atoms with Crippen LogP contribution in [0.4, 0.5) is 4.39 Å². The molecule has 18 heavy (non-hydrogen) atoms. The van der Waals surface area contributed by atoms with Crippen molar-refractivity contribution in [3.05, 3.63) is 35.6 Å². The molecule has 1 unspecified atom stereocenters. The highest BCUT2D eigenvalue weighted by Gasteiger charge is 2.32. The summed E-state index contributed by atoms with van der Waals surface area (Å²) in [6, 6.07) is 5.40. The van der Waals surface area contributed by atoms with E-state index in [4.69, 9.17) is 9.47 Å². The van der Waals surface area contributed by atoms with Crippen LogP contribution in [0.5, 0.6) is 0 Å². The molecular formula is C13H16FNO3.